The molecule has 0 saturated carbocycles. The molecule has 0 radical (unpaired) electrons. The minimum Gasteiger partial charge on any atom is -0.493 e. The van der Waals surface area contributed by atoms with Crippen molar-refractivity contribution >= 4 is 17.3 Å². The molecule has 2 aliphatic rings. The molecule has 0 unspecified atom stereocenters. The third kappa shape index (κ3) is 3.15. The quantitative estimate of drug-likeness (QED) is 0.551. The summed E-state index contributed by atoms with van der Waals surface area (Å²) in [4.78, 5) is 0. The van der Waals surface area contributed by atoms with E-state index in [1.165, 1.54) is 0 Å². The maximum Gasteiger partial charge on any atom is 0.213 e. The second-order valence-corrected chi connectivity index (χ2v) is 7.71. The molecule has 2 aliphatic heterocycles. The lowest BCUT2D eigenvalue weighted by molar-refractivity contribution is -0.0190. The van der Waals surface area contributed by atoms with Gasteiger partial charge in [0.05, 0.1) is 26.0 Å². The van der Waals surface area contributed by atoms with E-state index < -0.39 is 0 Å². The van der Waals surface area contributed by atoms with Crippen LogP contribution in [0.4, 0.5) is 0 Å². The lowest BCUT2D eigenvalue weighted by Crippen LogP contribution is -2.33. The standard InChI is InChI=1S/C24H21ClN2O3/c1-28-22-12-9-16(13-23(22)29-2)19-14-20-18-5-3-4-6-21(18)30-24(27(20)26-19)15-7-10-17(25)11-8-15/h3-13,20,24H,14H2,1-2H3/t20-,24-/m1/s1. The first-order valence-corrected chi connectivity index (χ1v) is 10.1. The van der Waals surface area contributed by atoms with Crippen LogP contribution in [-0.2, 0) is 0 Å². The van der Waals surface area contributed by atoms with E-state index in [0.717, 1.165) is 34.6 Å². The van der Waals surface area contributed by atoms with Crippen LogP contribution in [0.1, 0.15) is 35.4 Å². The van der Waals surface area contributed by atoms with Crippen molar-refractivity contribution in [3.8, 4) is 17.2 Å². The molecule has 0 fully saturated rings. The second-order valence-electron chi connectivity index (χ2n) is 7.28. The number of fused-ring (bicyclic) bond motifs is 3. The second kappa shape index (κ2) is 7.58. The minimum absolute atomic E-state index is 0.0960. The van der Waals surface area contributed by atoms with E-state index in [1.54, 1.807) is 14.2 Å². The third-order valence-corrected chi connectivity index (χ3v) is 5.82. The number of methoxy groups -OCH3 is 2. The summed E-state index contributed by atoms with van der Waals surface area (Å²) in [5.74, 6) is 2.28. The van der Waals surface area contributed by atoms with E-state index in [0.29, 0.717) is 16.5 Å². The fourth-order valence-corrected chi connectivity index (χ4v) is 4.20. The highest BCUT2D eigenvalue weighted by molar-refractivity contribution is 6.30. The van der Waals surface area contributed by atoms with Crippen LogP contribution in [0.15, 0.2) is 71.8 Å². The first-order valence-electron chi connectivity index (χ1n) is 9.77. The van der Waals surface area contributed by atoms with Crippen LogP contribution in [0.25, 0.3) is 0 Å². The zero-order valence-corrected chi connectivity index (χ0v) is 17.5. The summed E-state index contributed by atoms with van der Waals surface area (Å²) in [5, 5.41) is 7.74. The zero-order valence-electron chi connectivity index (χ0n) is 16.7. The molecule has 0 saturated heterocycles. The van der Waals surface area contributed by atoms with Crippen LogP contribution in [-0.4, -0.2) is 24.9 Å². The Labute approximate surface area is 180 Å². The van der Waals surface area contributed by atoms with E-state index in [4.69, 9.17) is 30.9 Å². The summed E-state index contributed by atoms with van der Waals surface area (Å²) in [6, 6.07) is 21.9. The van der Waals surface area contributed by atoms with Gasteiger partial charge in [-0.15, -0.1) is 0 Å². The average molecular weight is 421 g/mol. The van der Waals surface area contributed by atoms with E-state index in [-0.39, 0.29) is 12.3 Å². The topological polar surface area (TPSA) is 43.3 Å². The van der Waals surface area contributed by atoms with Crippen molar-refractivity contribution in [2.24, 2.45) is 5.10 Å². The smallest absolute Gasteiger partial charge is 0.213 e. The van der Waals surface area contributed by atoms with Gasteiger partial charge in [0, 0.05) is 28.1 Å². The van der Waals surface area contributed by atoms with Gasteiger partial charge in [0.1, 0.15) is 5.75 Å². The van der Waals surface area contributed by atoms with Crippen LogP contribution in [0.3, 0.4) is 0 Å². The van der Waals surface area contributed by atoms with Gasteiger partial charge >= 0.3 is 0 Å². The summed E-state index contributed by atoms with van der Waals surface area (Å²) in [6.45, 7) is 0. The lowest BCUT2D eigenvalue weighted by atomic mass is 9.96. The number of hydrogen-bond donors (Lipinski definition) is 0. The van der Waals surface area contributed by atoms with Crippen LogP contribution in [0.5, 0.6) is 17.2 Å². The molecule has 0 amide bonds. The summed E-state index contributed by atoms with van der Waals surface area (Å²) >= 11 is 6.10. The van der Waals surface area contributed by atoms with Crippen molar-refractivity contribution in [2.45, 2.75) is 18.7 Å². The Morgan fingerprint density at radius 3 is 2.50 bits per heavy atom. The summed E-state index contributed by atoms with van der Waals surface area (Å²) < 4.78 is 17.2. The molecule has 0 N–H and O–H groups in total. The number of para-hydroxylation sites is 1. The Bertz CT molecular complexity index is 1110. The Morgan fingerprint density at radius 1 is 0.967 bits per heavy atom. The molecule has 5 nitrogen and oxygen atoms in total. The Morgan fingerprint density at radius 2 is 1.73 bits per heavy atom. The van der Waals surface area contributed by atoms with Crippen LogP contribution >= 0.6 is 11.6 Å². The van der Waals surface area contributed by atoms with Gasteiger partial charge in [-0.3, -0.25) is 0 Å². The molecule has 152 valence electrons. The molecule has 3 aromatic rings. The molecule has 3 aromatic carbocycles. The van der Waals surface area contributed by atoms with Gasteiger partial charge in [-0.2, -0.15) is 5.10 Å². The van der Waals surface area contributed by atoms with Crippen molar-refractivity contribution in [1.82, 2.24) is 5.01 Å². The number of ether oxygens (including phenoxy) is 3. The molecule has 0 spiro atoms. The molecule has 2 atom stereocenters. The SMILES string of the molecule is COc1ccc(C2=NN3[C@H](C2)c2ccccc2O[C@@H]3c2ccc(Cl)cc2)cc1OC. The number of nitrogens with zero attached hydrogens (tertiary/aromatic N) is 2. The Hall–Kier alpha value is -3.18. The van der Waals surface area contributed by atoms with E-state index in [9.17, 15) is 0 Å². The van der Waals surface area contributed by atoms with Crippen LogP contribution in [0.2, 0.25) is 5.02 Å². The van der Waals surface area contributed by atoms with Gasteiger partial charge < -0.3 is 14.2 Å². The van der Waals surface area contributed by atoms with Gasteiger partial charge in [0.2, 0.25) is 6.23 Å². The molecule has 5 rings (SSSR count). The number of benzene rings is 3. The van der Waals surface area contributed by atoms with E-state index in [2.05, 4.69) is 11.1 Å². The highest BCUT2D eigenvalue weighted by atomic mass is 35.5. The normalized spacial score (nSPS) is 19.4. The fourth-order valence-electron chi connectivity index (χ4n) is 4.07. The van der Waals surface area contributed by atoms with Gasteiger partial charge in [-0.25, -0.2) is 5.01 Å². The number of hydrogen-bond acceptors (Lipinski definition) is 5. The maximum absolute atomic E-state index is 6.37. The van der Waals surface area contributed by atoms with Crippen molar-refractivity contribution in [2.75, 3.05) is 14.2 Å². The predicted molar refractivity (Wildman–Crippen MR) is 117 cm³/mol. The van der Waals surface area contributed by atoms with E-state index >= 15 is 0 Å². The highest BCUT2D eigenvalue weighted by Crippen LogP contribution is 2.47. The van der Waals surface area contributed by atoms with E-state index in [1.807, 2.05) is 60.7 Å². The predicted octanol–water partition coefficient (Wildman–Crippen LogP) is 5.60. The van der Waals surface area contributed by atoms with Gasteiger partial charge in [0.15, 0.2) is 11.5 Å². The number of rotatable bonds is 4. The van der Waals surface area contributed by atoms with Crippen LogP contribution < -0.4 is 14.2 Å². The first-order chi connectivity index (χ1) is 14.7. The average Bonchev–Trinajstić information content (AvgIpc) is 3.24. The summed E-state index contributed by atoms with van der Waals surface area (Å²) in [6.07, 6.45) is 0.458. The lowest BCUT2D eigenvalue weighted by Gasteiger charge is -2.38. The first kappa shape index (κ1) is 18.8. The summed E-state index contributed by atoms with van der Waals surface area (Å²) in [7, 11) is 3.28. The van der Waals surface area contributed by atoms with Crippen molar-refractivity contribution < 1.29 is 14.2 Å². The molecule has 2 heterocycles. The van der Waals surface area contributed by atoms with Gasteiger partial charge in [-0.05, 0) is 36.4 Å². The van der Waals surface area contributed by atoms with Crippen LogP contribution in [0, 0.1) is 0 Å². The van der Waals surface area contributed by atoms with Crippen molar-refractivity contribution in [1.29, 1.82) is 0 Å². The Kier molecular flexibility index (Phi) is 4.75. The molecular formula is C24H21ClN2O3. The maximum atomic E-state index is 6.37. The molecule has 0 aromatic heterocycles. The molecular weight excluding hydrogens is 400 g/mol. The van der Waals surface area contributed by atoms with Crippen molar-refractivity contribution in [3.63, 3.8) is 0 Å². The number of halogens is 1. The van der Waals surface area contributed by atoms with Gasteiger partial charge in [-0.1, -0.05) is 41.9 Å². The third-order valence-electron chi connectivity index (χ3n) is 5.57. The molecule has 6 heteroatoms. The van der Waals surface area contributed by atoms with Gasteiger partial charge in [0.25, 0.3) is 0 Å². The monoisotopic (exact) mass is 420 g/mol. The molecule has 0 bridgehead atoms. The Balaban J connectivity index is 1.57. The summed E-state index contributed by atoms with van der Waals surface area (Å²) in [5.41, 5.74) is 4.15. The molecule has 30 heavy (non-hydrogen) atoms. The van der Waals surface area contributed by atoms with Crippen molar-refractivity contribution in [3.05, 3.63) is 88.4 Å². The fraction of sp³-hybridized carbons (Fsp3) is 0.208. The number of hydrazone groups is 1. The largest absolute Gasteiger partial charge is 0.493 e. The highest BCUT2D eigenvalue weighted by Gasteiger charge is 2.40. The molecule has 0 aliphatic carbocycles. The minimum atomic E-state index is -0.320. The zero-order chi connectivity index (χ0) is 20.7.